The Morgan fingerprint density at radius 2 is 1.75 bits per heavy atom. The molecule has 0 aliphatic carbocycles. The Hall–Kier alpha value is -3.13. The van der Waals surface area contributed by atoms with Crippen molar-refractivity contribution < 1.29 is 18.3 Å². The van der Waals surface area contributed by atoms with Gasteiger partial charge in [0.1, 0.15) is 11.3 Å². The monoisotopic (exact) mass is 400 g/mol. The number of benzene rings is 2. The highest BCUT2D eigenvalue weighted by Gasteiger charge is 2.22. The van der Waals surface area contributed by atoms with E-state index >= 15 is 0 Å². The van der Waals surface area contributed by atoms with Crippen LogP contribution in [0.5, 0.6) is 5.75 Å². The molecule has 8 heteroatoms. The van der Waals surface area contributed by atoms with E-state index in [1.807, 2.05) is 0 Å². The van der Waals surface area contributed by atoms with E-state index in [9.17, 15) is 23.1 Å². The molecule has 2 N–H and O–H groups in total. The van der Waals surface area contributed by atoms with Gasteiger partial charge in [0.05, 0.1) is 10.4 Å². The molecule has 0 radical (unpaired) electrons. The van der Waals surface area contributed by atoms with E-state index in [1.165, 1.54) is 17.0 Å². The number of likely N-dealkylation sites (N-methyl/N-ethyl adjacent to an activating group) is 1. The number of pyridine rings is 1. The summed E-state index contributed by atoms with van der Waals surface area (Å²) in [6.07, 6.45) is 1.61. The van der Waals surface area contributed by atoms with Crippen molar-refractivity contribution in [3.8, 4) is 5.75 Å². The number of nitrogens with one attached hydrogen (secondary N) is 1. The second kappa shape index (κ2) is 7.47. The largest absolute Gasteiger partial charge is 0.506 e. The Kier molecular flexibility index (Phi) is 5.24. The van der Waals surface area contributed by atoms with E-state index in [4.69, 9.17) is 0 Å². The minimum absolute atomic E-state index is 0.230. The molecule has 3 rings (SSSR count). The number of aromatic nitrogens is 1. The molecule has 0 atom stereocenters. The molecule has 0 saturated carbocycles. The quantitative estimate of drug-likeness (QED) is 0.681. The van der Waals surface area contributed by atoms with Crippen LogP contribution in [0.25, 0.3) is 10.9 Å². The molecule has 2 aromatic carbocycles. The average molecular weight is 400 g/mol. The molecular formula is C20H20N2O5S. The second-order valence-corrected chi connectivity index (χ2v) is 8.63. The van der Waals surface area contributed by atoms with Gasteiger partial charge in [-0.15, -0.1) is 0 Å². The van der Waals surface area contributed by atoms with Gasteiger partial charge < -0.3 is 15.0 Å². The van der Waals surface area contributed by atoms with Gasteiger partial charge >= 0.3 is 0 Å². The Morgan fingerprint density at radius 3 is 2.39 bits per heavy atom. The molecule has 1 aromatic heterocycles. The Labute approximate surface area is 162 Å². The maximum absolute atomic E-state index is 12.7. The molecule has 3 aromatic rings. The number of fused-ring (bicyclic) bond motifs is 1. The van der Waals surface area contributed by atoms with Crippen molar-refractivity contribution in [1.82, 2.24) is 9.88 Å². The molecule has 0 fully saturated rings. The van der Waals surface area contributed by atoms with Gasteiger partial charge in [-0.2, -0.15) is 0 Å². The van der Waals surface area contributed by atoms with Crippen LogP contribution in [-0.2, 0) is 16.3 Å². The van der Waals surface area contributed by atoms with E-state index in [0.717, 1.165) is 11.8 Å². The highest BCUT2D eigenvalue weighted by molar-refractivity contribution is 7.90. The number of aromatic hydroxyl groups is 1. The van der Waals surface area contributed by atoms with Gasteiger partial charge in [0, 0.05) is 25.2 Å². The minimum atomic E-state index is -3.26. The summed E-state index contributed by atoms with van der Waals surface area (Å²) in [5.74, 6) is -0.925. The maximum atomic E-state index is 12.7. The predicted octanol–water partition coefficient (Wildman–Crippen LogP) is 1.95. The van der Waals surface area contributed by atoms with Gasteiger partial charge in [-0.05, 0) is 36.2 Å². The van der Waals surface area contributed by atoms with Gasteiger partial charge in [0.15, 0.2) is 9.84 Å². The van der Waals surface area contributed by atoms with Gasteiger partial charge in [0.2, 0.25) is 0 Å². The Morgan fingerprint density at radius 1 is 1.11 bits per heavy atom. The number of hydrogen-bond donors (Lipinski definition) is 2. The number of H-pyrrole nitrogens is 1. The summed E-state index contributed by atoms with van der Waals surface area (Å²) in [6.45, 7) is 0.294. The Bertz CT molecular complexity index is 1200. The second-order valence-electron chi connectivity index (χ2n) is 6.62. The standard InChI is InChI=1S/C20H20N2O5S/c1-22(12-11-13-7-9-14(10-8-13)28(2,26)27)20(25)17-18(23)15-5-3-4-6-16(15)21-19(17)24/h3-10H,11-12H2,1-2H3,(H2,21,23,24). The van der Waals surface area contributed by atoms with E-state index < -0.39 is 21.3 Å². The lowest BCUT2D eigenvalue weighted by atomic mass is 10.1. The zero-order valence-corrected chi connectivity index (χ0v) is 16.3. The van der Waals surface area contributed by atoms with E-state index in [-0.39, 0.29) is 16.2 Å². The molecule has 1 amide bonds. The molecule has 0 bridgehead atoms. The lowest BCUT2D eigenvalue weighted by Gasteiger charge is -2.18. The van der Waals surface area contributed by atoms with Crippen LogP contribution in [0, 0.1) is 0 Å². The SMILES string of the molecule is CN(CCc1ccc(S(C)(=O)=O)cc1)C(=O)c1c(O)c2ccccc2[nH]c1=O. The number of sulfone groups is 1. The van der Waals surface area contributed by atoms with E-state index in [2.05, 4.69) is 4.98 Å². The number of aromatic amines is 1. The van der Waals surface area contributed by atoms with Crippen LogP contribution in [0.3, 0.4) is 0 Å². The summed E-state index contributed by atoms with van der Waals surface area (Å²) in [4.78, 5) is 29.2. The van der Waals surface area contributed by atoms with Gasteiger partial charge in [0.25, 0.3) is 11.5 Å². The van der Waals surface area contributed by atoms with Crippen LogP contribution in [0.2, 0.25) is 0 Å². The predicted molar refractivity (Wildman–Crippen MR) is 106 cm³/mol. The first-order valence-corrected chi connectivity index (χ1v) is 10.5. The van der Waals surface area contributed by atoms with Crippen LogP contribution in [-0.4, -0.2) is 49.2 Å². The number of nitrogens with zero attached hydrogens (tertiary/aromatic N) is 1. The fourth-order valence-corrected chi connectivity index (χ4v) is 3.55. The zero-order valence-electron chi connectivity index (χ0n) is 15.5. The molecule has 7 nitrogen and oxygen atoms in total. The molecule has 0 spiro atoms. The van der Waals surface area contributed by atoms with Crippen LogP contribution >= 0.6 is 0 Å². The van der Waals surface area contributed by atoms with E-state index in [0.29, 0.717) is 23.9 Å². The number of carbonyl (C=O) groups excluding carboxylic acids is 1. The van der Waals surface area contributed by atoms with Crippen molar-refractivity contribution in [1.29, 1.82) is 0 Å². The fourth-order valence-electron chi connectivity index (χ4n) is 2.92. The van der Waals surface area contributed by atoms with Gasteiger partial charge in [-0.3, -0.25) is 9.59 Å². The topological polar surface area (TPSA) is 108 Å². The lowest BCUT2D eigenvalue weighted by molar-refractivity contribution is 0.0792. The van der Waals surface area contributed by atoms with Crippen molar-refractivity contribution in [2.45, 2.75) is 11.3 Å². The number of hydrogen-bond acceptors (Lipinski definition) is 5. The normalized spacial score (nSPS) is 11.5. The molecule has 0 saturated heterocycles. The summed E-state index contributed by atoms with van der Waals surface area (Å²) in [5, 5.41) is 10.8. The first-order chi connectivity index (χ1) is 13.2. The molecule has 0 aliphatic rings. The first-order valence-electron chi connectivity index (χ1n) is 8.57. The van der Waals surface area contributed by atoms with Crippen molar-refractivity contribution in [3.63, 3.8) is 0 Å². The summed E-state index contributed by atoms with van der Waals surface area (Å²) >= 11 is 0. The minimum Gasteiger partial charge on any atom is -0.506 e. The van der Waals surface area contributed by atoms with Crippen LogP contribution < -0.4 is 5.56 Å². The molecule has 146 valence electrons. The average Bonchev–Trinajstić information content (AvgIpc) is 2.65. The fraction of sp³-hybridized carbons (Fsp3) is 0.200. The molecule has 0 aliphatic heterocycles. The van der Waals surface area contributed by atoms with Crippen molar-refractivity contribution >= 4 is 26.6 Å². The summed E-state index contributed by atoms with van der Waals surface area (Å²) in [7, 11) is -1.72. The lowest BCUT2D eigenvalue weighted by Crippen LogP contribution is -2.33. The van der Waals surface area contributed by atoms with Crippen LogP contribution in [0.4, 0.5) is 0 Å². The number of rotatable bonds is 5. The maximum Gasteiger partial charge on any atom is 0.265 e. The summed E-state index contributed by atoms with van der Waals surface area (Å²) < 4.78 is 23.0. The van der Waals surface area contributed by atoms with Crippen LogP contribution in [0.1, 0.15) is 15.9 Å². The molecule has 1 heterocycles. The molecular weight excluding hydrogens is 380 g/mol. The number of para-hydroxylation sites is 1. The smallest absolute Gasteiger partial charge is 0.265 e. The number of carbonyl (C=O) groups is 1. The third kappa shape index (κ3) is 3.91. The summed E-state index contributed by atoms with van der Waals surface area (Å²) in [6, 6.07) is 13.1. The zero-order chi connectivity index (χ0) is 20.5. The highest BCUT2D eigenvalue weighted by Crippen LogP contribution is 2.25. The van der Waals surface area contributed by atoms with Gasteiger partial charge in [-0.1, -0.05) is 24.3 Å². The summed E-state index contributed by atoms with van der Waals surface area (Å²) in [5.41, 5.74) is 0.359. The van der Waals surface area contributed by atoms with E-state index in [1.54, 1.807) is 43.4 Å². The highest BCUT2D eigenvalue weighted by atomic mass is 32.2. The third-order valence-corrected chi connectivity index (χ3v) is 5.67. The molecule has 28 heavy (non-hydrogen) atoms. The Balaban J connectivity index is 1.78. The van der Waals surface area contributed by atoms with Crippen LogP contribution in [0.15, 0.2) is 58.2 Å². The van der Waals surface area contributed by atoms with Crippen molar-refractivity contribution in [2.75, 3.05) is 19.8 Å². The molecule has 0 unspecified atom stereocenters. The van der Waals surface area contributed by atoms with Crippen molar-refractivity contribution in [3.05, 3.63) is 70.0 Å². The number of amides is 1. The van der Waals surface area contributed by atoms with Crippen molar-refractivity contribution in [2.24, 2.45) is 0 Å². The third-order valence-electron chi connectivity index (χ3n) is 4.54. The first kappa shape index (κ1) is 19.6. The van der Waals surface area contributed by atoms with Gasteiger partial charge in [-0.25, -0.2) is 8.42 Å².